The molecule has 0 aliphatic carbocycles. The molecule has 108 valence electrons. The summed E-state index contributed by atoms with van der Waals surface area (Å²) in [6, 6.07) is 9.58. The van der Waals surface area contributed by atoms with Crippen LogP contribution in [0.1, 0.15) is 24.3 Å². The molecule has 0 spiro atoms. The summed E-state index contributed by atoms with van der Waals surface area (Å²) >= 11 is 0. The third-order valence-corrected chi connectivity index (χ3v) is 3.22. The first kappa shape index (κ1) is 14.7. The molecule has 5 nitrogen and oxygen atoms in total. The minimum absolute atomic E-state index is 0.176. The van der Waals surface area contributed by atoms with E-state index in [0.29, 0.717) is 13.2 Å². The molecule has 2 rings (SSSR count). The Balaban J connectivity index is 2.07. The average molecular weight is 278 g/mol. The number of rotatable bonds is 6. The summed E-state index contributed by atoms with van der Waals surface area (Å²) in [6.45, 7) is 1.05. The number of Topliss-reactive ketones (excluding diaryl/α,β-unsaturated/α-hetero) is 1. The van der Waals surface area contributed by atoms with E-state index in [2.05, 4.69) is 4.74 Å². The maximum atomic E-state index is 11.9. The van der Waals surface area contributed by atoms with Crippen molar-refractivity contribution < 1.29 is 23.8 Å². The maximum Gasteiger partial charge on any atom is 0.313 e. The van der Waals surface area contributed by atoms with Crippen LogP contribution in [0.4, 0.5) is 0 Å². The first-order chi connectivity index (χ1) is 9.70. The number of hydrogen-bond acceptors (Lipinski definition) is 5. The molecule has 0 radical (unpaired) electrons. The highest BCUT2D eigenvalue weighted by Gasteiger charge is 2.30. The van der Waals surface area contributed by atoms with Crippen molar-refractivity contribution in [2.45, 2.75) is 25.0 Å². The molecule has 1 aromatic rings. The van der Waals surface area contributed by atoms with E-state index in [1.165, 1.54) is 7.11 Å². The van der Waals surface area contributed by atoms with E-state index < -0.39 is 12.3 Å². The van der Waals surface area contributed by atoms with Gasteiger partial charge in [0.15, 0.2) is 6.29 Å². The molecule has 1 aromatic carbocycles. The van der Waals surface area contributed by atoms with E-state index in [-0.39, 0.29) is 24.5 Å². The highest BCUT2D eigenvalue weighted by atomic mass is 16.7. The summed E-state index contributed by atoms with van der Waals surface area (Å²) < 4.78 is 15.5. The van der Waals surface area contributed by atoms with Gasteiger partial charge < -0.3 is 14.2 Å². The Morgan fingerprint density at radius 3 is 2.50 bits per heavy atom. The summed E-state index contributed by atoms with van der Waals surface area (Å²) in [7, 11) is 1.27. The van der Waals surface area contributed by atoms with Gasteiger partial charge in [0.2, 0.25) is 0 Å². The Morgan fingerprint density at radius 2 is 1.90 bits per heavy atom. The lowest BCUT2D eigenvalue weighted by molar-refractivity contribution is -0.144. The fourth-order valence-electron chi connectivity index (χ4n) is 2.23. The second kappa shape index (κ2) is 7.17. The zero-order valence-electron chi connectivity index (χ0n) is 11.4. The van der Waals surface area contributed by atoms with Crippen LogP contribution < -0.4 is 0 Å². The Kier molecular flexibility index (Phi) is 5.26. The largest absolute Gasteiger partial charge is 0.469 e. The van der Waals surface area contributed by atoms with Crippen LogP contribution in [0.3, 0.4) is 0 Å². The molecule has 0 N–H and O–H groups in total. The topological polar surface area (TPSA) is 61.8 Å². The Morgan fingerprint density at radius 1 is 1.25 bits per heavy atom. The molecule has 1 heterocycles. The first-order valence-corrected chi connectivity index (χ1v) is 6.57. The zero-order chi connectivity index (χ0) is 14.4. The molecule has 1 saturated heterocycles. The zero-order valence-corrected chi connectivity index (χ0v) is 11.4. The number of ketones is 1. The van der Waals surface area contributed by atoms with Gasteiger partial charge >= 0.3 is 5.97 Å². The van der Waals surface area contributed by atoms with Crippen molar-refractivity contribution in [3.8, 4) is 0 Å². The molecule has 1 aliphatic rings. The van der Waals surface area contributed by atoms with Crippen molar-refractivity contribution in [1.29, 1.82) is 0 Å². The fourth-order valence-corrected chi connectivity index (χ4v) is 2.23. The highest BCUT2D eigenvalue weighted by molar-refractivity contribution is 5.95. The molecule has 5 heteroatoms. The van der Waals surface area contributed by atoms with Crippen molar-refractivity contribution in [1.82, 2.24) is 0 Å². The SMILES string of the molecule is COC(=O)CC(=O)CC(c1ccccc1)C1OCCO1. The summed E-state index contributed by atoms with van der Waals surface area (Å²) in [5, 5.41) is 0. The van der Waals surface area contributed by atoms with Gasteiger partial charge in [-0.05, 0) is 5.56 Å². The maximum absolute atomic E-state index is 11.9. The normalized spacial score (nSPS) is 16.9. The smallest absolute Gasteiger partial charge is 0.313 e. The number of carbonyl (C=O) groups excluding carboxylic acids is 2. The van der Waals surface area contributed by atoms with Crippen molar-refractivity contribution in [2.75, 3.05) is 20.3 Å². The van der Waals surface area contributed by atoms with Crippen LogP contribution >= 0.6 is 0 Å². The van der Waals surface area contributed by atoms with Gasteiger partial charge in [0.05, 0.1) is 20.3 Å². The second-order valence-corrected chi connectivity index (χ2v) is 4.62. The van der Waals surface area contributed by atoms with Crippen LogP contribution in [0.5, 0.6) is 0 Å². The van der Waals surface area contributed by atoms with Crippen molar-refractivity contribution >= 4 is 11.8 Å². The summed E-state index contributed by atoms with van der Waals surface area (Å²) in [6.07, 6.45) is -0.449. The van der Waals surface area contributed by atoms with Gasteiger partial charge in [-0.1, -0.05) is 30.3 Å². The van der Waals surface area contributed by atoms with E-state index in [1.807, 2.05) is 30.3 Å². The minimum atomic E-state index is -0.518. The van der Waals surface area contributed by atoms with Crippen LogP contribution in [0.2, 0.25) is 0 Å². The highest BCUT2D eigenvalue weighted by Crippen LogP contribution is 2.29. The third-order valence-electron chi connectivity index (χ3n) is 3.22. The fraction of sp³-hybridized carbons (Fsp3) is 0.467. The number of esters is 1. The summed E-state index contributed by atoms with van der Waals surface area (Å²) in [5.41, 5.74) is 0.970. The van der Waals surface area contributed by atoms with E-state index in [0.717, 1.165) is 5.56 Å². The molecule has 20 heavy (non-hydrogen) atoms. The van der Waals surface area contributed by atoms with Crippen LogP contribution in [0.15, 0.2) is 30.3 Å². The molecule has 1 aliphatic heterocycles. The van der Waals surface area contributed by atoms with Crippen LogP contribution in [0, 0.1) is 0 Å². The number of methoxy groups -OCH3 is 1. The van der Waals surface area contributed by atoms with E-state index in [9.17, 15) is 9.59 Å². The predicted molar refractivity (Wildman–Crippen MR) is 71.1 cm³/mol. The van der Waals surface area contributed by atoms with Crippen molar-refractivity contribution in [3.05, 3.63) is 35.9 Å². The van der Waals surface area contributed by atoms with Crippen LogP contribution in [0.25, 0.3) is 0 Å². The van der Waals surface area contributed by atoms with Gasteiger partial charge in [0, 0.05) is 12.3 Å². The van der Waals surface area contributed by atoms with Crippen molar-refractivity contribution in [3.63, 3.8) is 0 Å². The summed E-state index contributed by atoms with van der Waals surface area (Å²) in [5.74, 6) is -0.893. The molecule has 0 amide bonds. The number of ether oxygens (including phenoxy) is 3. The molecule has 1 unspecified atom stereocenters. The molecular formula is C15H18O5. The molecule has 0 saturated carbocycles. The standard InChI is InChI=1S/C15H18O5/c1-18-14(17)10-12(16)9-13(15-19-7-8-20-15)11-5-3-2-4-6-11/h2-6,13,15H,7-10H2,1H3. The van der Waals surface area contributed by atoms with Gasteiger partial charge in [-0.2, -0.15) is 0 Å². The molecule has 0 aromatic heterocycles. The minimum Gasteiger partial charge on any atom is -0.469 e. The average Bonchev–Trinajstić information content (AvgIpc) is 2.99. The van der Waals surface area contributed by atoms with Gasteiger partial charge in [0.25, 0.3) is 0 Å². The van der Waals surface area contributed by atoms with Gasteiger partial charge in [-0.25, -0.2) is 0 Å². The lowest BCUT2D eigenvalue weighted by Gasteiger charge is -2.22. The van der Waals surface area contributed by atoms with Crippen molar-refractivity contribution in [2.24, 2.45) is 0 Å². The summed E-state index contributed by atoms with van der Waals surface area (Å²) in [4.78, 5) is 23.1. The monoisotopic (exact) mass is 278 g/mol. The first-order valence-electron chi connectivity index (χ1n) is 6.57. The molecule has 1 fully saturated rings. The molecule has 0 bridgehead atoms. The molecular weight excluding hydrogens is 260 g/mol. The number of carbonyl (C=O) groups is 2. The Bertz CT molecular complexity index is 451. The Labute approximate surface area is 117 Å². The lowest BCUT2D eigenvalue weighted by Crippen LogP contribution is -2.23. The van der Waals surface area contributed by atoms with E-state index in [4.69, 9.17) is 9.47 Å². The lowest BCUT2D eigenvalue weighted by atomic mass is 9.92. The second-order valence-electron chi connectivity index (χ2n) is 4.62. The number of benzene rings is 1. The van der Waals surface area contributed by atoms with Gasteiger partial charge in [-0.3, -0.25) is 9.59 Å². The van der Waals surface area contributed by atoms with E-state index in [1.54, 1.807) is 0 Å². The third kappa shape index (κ3) is 3.88. The quantitative estimate of drug-likeness (QED) is 0.585. The van der Waals surface area contributed by atoms with Gasteiger partial charge in [-0.15, -0.1) is 0 Å². The predicted octanol–water partition coefficient (Wildman–Crippen LogP) is 1.67. The molecule has 1 atom stereocenters. The van der Waals surface area contributed by atoms with Crippen LogP contribution in [-0.4, -0.2) is 38.4 Å². The number of hydrogen-bond donors (Lipinski definition) is 0. The Hall–Kier alpha value is -1.72. The van der Waals surface area contributed by atoms with Crippen LogP contribution in [-0.2, 0) is 23.8 Å². The van der Waals surface area contributed by atoms with Gasteiger partial charge in [0.1, 0.15) is 12.2 Å². The van der Waals surface area contributed by atoms with E-state index >= 15 is 0 Å².